The maximum atomic E-state index is 10.3. The van der Waals surface area contributed by atoms with E-state index in [1.807, 2.05) is 19.1 Å². The monoisotopic (exact) mass is 602 g/mol. The third kappa shape index (κ3) is 8.04. The van der Waals surface area contributed by atoms with E-state index in [4.69, 9.17) is 33.0 Å². The molecule has 0 bridgehead atoms. The number of aliphatic hydroxyl groups is 1. The molecule has 2 heterocycles. The predicted octanol–water partition coefficient (Wildman–Crippen LogP) is 2.12. The van der Waals surface area contributed by atoms with Gasteiger partial charge < -0.3 is 24.1 Å². The summed E-state index contributed by atoms with van der Waals surface area (Å²) < 4.78 is 77.6. The van der Waals surface area contributed by atoms with E-state index in [-0.39, 0.29) is 18.1 Å². The van der Waals surface area contributed by atoms with Gasteiger partial charge in [-0.1, -0.05) is 0 Å². The van der Waals surface area contributed by atoms with E-state index in [2.05, 4.69) is 11.1 Å². The number of aliphatic hydroxyl groups excluding tert-OH is 1. The summed E-state index contributed by atoms with van der Waals surface area (Å²) in [6.45, 7) is 2.50. The van der Waals surface area contributed by atoms with Crippen molar-refractivity contribution in [2.75, 3.05) is 39.4 Å². The fourth-order valence-electron chi connectivity index (χ4n) is 4.67. The smallest absolute Gasteiger partial charge is 0.265 e. The molecule has 1 aromatic carbocycles. The molecule has 1 aliphatic heterocycles. The first kappa shape index (κ1) is 31.5. The molecule has 4 rings (SSSR count). The normalized spacial score (nSPS) is 20.2. The molecule has 2 aromatic rings. The van der Waals surface area contributed by atoms with Crippen LogP contribution < -0.4 is 18.9 Å². The first-order valence-corrected chi connectivity index (χ1v) is 15.6. The maximum absolute atomic E-state index is 10.3. The van der Waals surface area contributed by atoms with E-state index in [0.717, 1.165) is 35.2 Å². The van der Waals surface area contributed by atoms with Gasteiger partial charge in [-0.05, 0) is 49.9 Å². The second-order valence-corrected chi connectivity index (χ2v) is 12.3. The Labute approximate surface area is 233 Å². The number of aromatic nitrogens is 1. The number of benzene rings is 1. The highest BCUT2D eigenvalue weighted by Crippen LogP contribution is 2.45. The molecule has 0 saturated heterocycles. The van der Waals surface area contributed by atoms with Gasteiger partial charge in [0.05, 0.1) is 57.3 Å². The Kier molecular flexibility index (Phi) is 10.3. The zero-order valence-corrected chi connectivity index (χ0v) is 24.2. The van der Waals surface area contributed by atoms with Crippen LogP contribution in [0.2, 0.25) is 0 Å². The van der Waals surface area contributed by atoms with Gasteiger partial charge in [-0.15, -0.1) is 0 Å². The van der Waals surface area contributed by atoms with Crippen LogP contribution in [0, 0.1) is 0 Å². The van der Waals surface area contributed by atoms with Gasteiger partial charge in [0.15, 0.2) is 17.2 Å². The number of nitrogens with zero attached hydrogens (tertiary/aromatic N) is 2. The molecule has 3 atom stereocenters. The summed E-state index contributed by atoms with van der Waals surface area (Å²) in [5.74, 6) is 0.540. The summed E-state index contributed by atoms with van der Waals surface area (Å²) in [5.41, 5.74) is 3.80. The predicted molar refractivity (Wildman–Crippen MR) is 146 cm³/mol. The summed E-state index contributed by atoms with van der Waals surface area (Å²) in [6, 6.07) is 6.03. The second kappa shape index (κ2) is 13.1. The minimum absolute atomic E-state index is 0.104. The minimum Gasteiger partial charge on any atom is -0.493 e. The SMILES string of the molecule is CCOc1cc2c(cc1OC)C(c1cnc(OC)c(OC)c1)=N[C@@H]1CC[C@@H](O)C[C@H]21.O=S(=O)(O)CCS(=O)(=O)O. The molecule has 13 nitrogen and oxygen atoms in total. The number of methoxy groups -OCH3 is 3. The van der Waals surface area contributed by atoms with E-state index >= 15 is 0 Å². The van der Waals surface area contributed by atoms with Crippen LogP contribution >= 0.6 is 0 Å². The van der Waals surface area contributed by atoms with Gasteiger partial charge in [0.25, 0.3) is 26.1 Å². The van der Waals surface area contributed by atoms with Crippen molar-refractivity contribution in [3.05, 3.63) is 41.1 Å². The standard InChI is InChI=1S/C23H28N2O5.C2H6O6S2/c1-5-30-20-10-15-16-9-14(26)6-7-18(16)25-22(17(15)11-19(20)27-2)13-8-21(28-3)23(29-4)24-12-13;3-9(4,5)1-2-10(6,7)8/h8,10-12,14,16,18,26H,5-7,9H2,1-4H3;1-2H2,(H,3,4,5)(H,6,7,8)/t14-,16-,18-;/m1./s1. The van der Waals surface area contributed by atoms with Gasteiger partial charge in [0.2, 0.25) is 0 Å². The zero-order chi connectivity index (χ0) is 29.7. The van der Waals surface area contributed by atoms with Crippen molar-refractivity contribution < 1.29 is 50.0 Å². The Morgan fingerprint density at radius 2 is 1.55 bits per heavy atom. The number of pyridine rings is 1. The second-order valence-electron chi connectivity index (χ2n) is 9.15. The van der Waals surface area contributed by atoms with Crippen molar-refractivity contribution in [1.82, 2.24) is 4.98 Å². The van der Waals surface area contributed by atoms with Crippen molar-refractivity contribution in [1.29, 1.82) is 0 Å². The van der Waals surface area contributed by atoms with Crippen LogP contribution in [0.15, 0.2) is 29.4 Å². The summed E-state index contributed by atoms with van der Waals surface area (Å²) in [5, 5.41) is 10.3. The molecular formula is C25H34N2O11S2. The fraction of sp³-hybridized carbons (Fsp3) is 0.520. The summed E-state index contributed by atoms with van der Waals surface area (Å²) in [6.07, 6.45) is 3.73. The third-order valence-electron chi connectivity index (χ3n) is 6.48. The molecule has 1 aromatic heterocycles. The van der Waals surface area contributed by atoms with Gasteiger partial charge in [0, 0.05) is 23.2 Å². The van der Waals surface area contributed by atoms with Crippen LogP contribution in [0.3, 0.4) is 0 Å². The Morgan fingerprint density at radius 3 is 2.10 bits per heavy atom. The molecule has 15 heteroatoms. The minimum atomic E-state index is -4.30. The average molecular weight is 603 g/mol. The van der Waals surface area contributed by atoms with E-state index in [0.29, 0.717) is 36.2 Å². The number of aliphatic imine (C=N–C) groups is 1. The lowest BCUT2D eigenvalue weighted by molar-refractivity contribution is 0.111. The van der Waals surface area contributed by atoms with E-state index in [1.54, 1.807) is 27.5 Å². The lowest BCUT2D eigenvalue weighted by Gasteiger charge is -2.37. The molecule has 0 unspecified atom stereocenters. The van der Waals surface area contributed by atoms with Gasteiger partial charge in [-0.3, -0.25) is 14.1 Å². The van der Waals surface area contributed by atoms with Crippen molar-refractivity contribution in [3.8, 4) is 23.1 Å². The molecule has 222 valence electrons. The maximum Gasteiger partial charge on any atom is 0.265 e. The third-order valence-corrected chi connectivity index (χ3v) is 8.17. The molecule has 1 fully saturated rings. The molecule has 1 saturated carbocycles. The van der Waals surface area contributed by atoms with E-state index < -0.39 is 31.7 Å². The van der Waals surface area contributed by atoms with Crippen LogP contribution in [0.25, 0.3) is 0 Å². The van der Waals surface area contributed by atoms with E-state index in [1.165, 1.54) is 0 Å². The Balaban J connectivity index is 0.000000378. The Bertz CT molecular complexity index is 1410. The van der Waals surface area contributed by atoms with Gasteiger partial charge in [0.1, 0.15) is 0 Å². The van der Waals surface area contributed by atoms with Crippen molar-refractivity contribution >= 4 is 25.9 Å². The summed E-state index contributed by atoms with van der Waals surface area (Å²) in [7, 11) is -3.80. The number of ether oxygens (including phenoxy) is 4. The van der Waals surface area contributed by atoms with Crippen LogP contribution in [0.5, 0.6) is 23.1 Å². The highest BCUT2D eigenvalue weighted by atomic mass is 32.2. The van der Waals surface area contributed by atoms with Crippen molar-refractivity contribution in [2.24, 2.45) is 4.99 Å². The van der Waals surface area contributed by atoms with Gasteiger partial charge in [-0.25, -0.2) is 4.98 Å². The number of hydrogen-bond acceptors (Lipinski definition) is 11. The van der Waals surface area contributed by atoms with Crippen molar-refractivity contribution in [3.63, 3.8) is 0 Å². The molecule has 3 N–H and O–H groups in total. The zero-order valence-electron chi connectivity index (χ0n) is 22.6. The average Bonchev–Trinajstić information content (AvgIpc) is 2.90. The van der Waals surface area contributed by atoms with Crippen molar-refractivity contribution in [2.45, 2.75) is 44.2 Å². The quantitative estimate of drug-likeness (QED) is 0.355. The number of hydrogen-bond donors (Lipinski definition) is 3. The first-order chi connectivity index (χ1) is 18.8. The topological polar surface area (TPSA) is 191 Å². The highest BCUT2D eigenvalue weighted by Gasteiger charge is 2.37. The fourth-order valence-corrected chi connectivity index (χ4v) is 6.36. The number of fused-ring (bicyclic) bond motifs is 3. The molecule has 2 aliphatic rings. The van der Waals surface area contributed by atoms with Crippen LogP contribution in [-0.2, 0) is 20.2 Å². The first-order valence-electron chi connectivity index (χ1n) is 12.4. The van der Waals surface area contributed by atoms with Crippen LogP contribution in [-0.4, -0.2) is 93.3 Å². The van der Waals surface area contributed by atoms with Crippen LogP contribution in [0.1, 0.15) is 48.8 Å². The van der Waals surface area contributed by atoms with Crippen LogP contribution in [0.4, 0.5) is 0 Å². The Hall–Kier alpha value is -2.98. The molecule has 0 amide bonds. The number of rotatable bonds is 9. The summed E-state index contributed by atoms with van der Waals surface area (Å²) in [4.78, 5) is 9.50. The molecule has 0 radical (unpaired) electrons. The molecule has 40 heavy (non-hydrogen) atoms. The largest absolute Gasteiger partial charge is 0.493 e. The van der Waals surface area contributed by atoms with Gasteiger partial charge >= 0.3 is 0 Å². The lowest BCUT2D eigenvalue weighted by Crippen LogP contribution is -2.34. The lowest BCUT2D eigenvalue weighted by atomic mass is 9.74. The molecule has 0 spiro atoms. The molecule has 1 aliphatic carbocycles. The van der Waals surface area contributed by atoms with Gasteiger partial charge in [-0.2, -0.15) is 16.8 Å². The van der Waals surface area contributed by atoms with E-state index in [9.17, 15) is 21.9 Å². The highest BCUT2D eigenvalue weighted by molar-refractivity contribution is 7.89. The Morgan fingerprint density at radius 1 is 0.900 bits per heavy atom. The summed E-state index contributed by atoms with van der Waals surface area (Å²) >= 11 is 0. The molecular weight excluding hydrogens is 568 g/mol.